The van der Waals surface area contributed by atoms with E-state index >= 15 is 0 Å². The van der Waals surface area contributed by atoms with Gasteiger partial charge in [-0.05, 0) is 54.1 Å². The number of rotatable bonds is 6. The lowest BCUT2D eigenvalue weighted by Crippen LogP contribution is -2.27. The minimum atomic E-state index is -0.290. The van der Waals surface area contributed by atoms with Crippen LogP contribution in [0, 0.1) is 0 Å². The van der Waals surface area contributed by atoms with Crippen LogP contribution in [-0.2, 0) is 11.3 Å². The minimum Gasteiger partial charge on any atom is -0.493 e. The zero-order valence-electron chi connectivity index (χ0n) is 14.6. The number of hydrogen-bond acceptors (Lipinski definition) is 4. The van der Waals surface area contributed by atoms with Gasteiger partial charge in [0.2, 0.25) is 0 Å². The van der Waals surface area contributed by atoms with Crippen LogP contribution in [0.15, 0.2) is 56.3 Å². The number of hydrogen-bond donors (Lipinski definition) is 0. The van der Waals surface area contributed by atoms with E-state index < -0.39 is 0 Å². The number of ether oxygens (including phenoxy) is 1. The van der Waals surface area contributed by atoms with Gasteiger partial charge < -0.3 is 4.74 Å². The predicted molar refractivity (Wildman–Crippen MR) is 116 cm³/mol. The quantitative estimate of drug-likeness (QED) is 0.431. The van der Waals surface area contributed by atoms with Crippen molar-refractivity contribution in [3.8, 4) is 5.75 Å². The molecule has 1 aliphatic heterocycles. The lowest BCUT2D eigenvalue weighted by molar-refractivity contribution is -0.123. The van der Waals surface area contributed by atoms with Crippen LogP contribution < -0.4 is 4.74 Å². The first-order chi connectivity index (χ1) is 13.0. The van der Waals surface area contributed by atoms with Crippen LogP contribution in [0.5, 0.6) is 5.75 Å². The van der Waals surface area contributed by atoms with Crippen molar-refractivity contribution in [2.75, 3.05) is 6.61 Å². The molecule has 7 heteroatoms. The molecule has 2 aromatic carbocycles. The molecule has 0 atom stereocenters. The summed E-state index contributed by atoms with van der Waals surface area (Å²) >= 11 is 7.86. The van der Waals surface area contributed by atoms with Crippen LogP contribution in [0.25, 0.3) is 6.08 Å². The monoisotopic (exact) mass is 509 g/mol. The molecule has 3 rings (SSSR count). The van der Waals surface area contributed by atoms with Crippen molar-refractivity contribution in [3.63, 3.8) is 0 Å². The van der Waals surface area contributed by atoms with Gasteiger partial charge in [-0.1, -0.05) is 57.0 Å². The highest BCUT2D eigenvalue weighted by Gasteiger charge is 2.35. The Morgan fingerprint density at radius 1 is 1.15 bits per heavy atom. The second kappa shape index (κ2) is 9.08. The number of carbonyl (C=O) groups is 2. The van der Waals surface area contributed by atoms with E-state index in [0.29, 0.717) is 17.3 Å². The number of nitrogens with zero attached hydrogens (tertiary/aromatic N) is 1. The molecule has 4 nitrogen and oxygen atoms in total. The summed E-state index contributed by atoms with van der Waals surface area (Å²) in [6, 6.07) is 13.2. The van der Waals surface area contributed by atoms with Gasteiger partial charge in [0.15, 0.2) is 0 Å². The van der Waals surface area contributed by atoms with Crippen LogP contribution in [0.1, 0.15) is 24.5 Å². The maximum atomic E-state index is 12.8. The van der Waals surface area contributed by atoms with Crippen molar-refractivity contribution in [2.24, 2.45) is 0 Å². The van der Waals surface area contributed by atoms with Gasteiger partial charge in [-0.2, -0.15) is 0 Å². The van der Waals surface area contributed by atoms with Crippen molar-refractivity contribution in [3.05, 3.63) is 67.4 Å². The molecule has 27 heavy (non-hydrogen) atoms. The molecule has 0 radical (unpaired) electrons. The molecular weight excluding hydrogens is 494 g/mol. The molecule has 0 aliphatic carbocycles. The third-order valence-corrected chi connectivity index (χ3v) is 6.05. The first kappa shape index (κ1) is 20.2. The van der Waals surface area contributed by atoms with Crippen molar-refractivity contribution in [2.45, 2.75) is 19.9 Å². The summed E-state index contributed by atoms with van der Waals surface area (Å²) in [5, 5.41) is -0.270. The van der Waals surface area contributed by atoms with Gasteiger partial charge in [-0.15, -0.1) is 0 Å². The average molecular weight is 511 g/mol. The Kier molecular flexibility index (Phi) is 6.78. The zero-order chi connectivity index (χ0) is 19.4. The molecule has 140 valence electrons. The zero-order valence-corrected chi connectivity index (χ0v) is 18.6. The number of amides is 2. The Morgan fingerprint density at radius 2 is 1.93 bits per heavy atom. The second-order valence-electron chi connectivity index (χ2n) is 5.89. The normalized spacial score (nSPS) is 15.7. The van der Waals surface area contributed by atoms with E-state index in [1.54, 1.807) is 6.08 Å². The van der Waals surface area contributed by atoms with E-state index in [2.05, 4.69) is 31.9 Å². The topological polar surface area (TPSA) is 46.6 Å². The first-order valence-electron chi connectivity index (χ1n) is 8.40. The number of carbonyl (C=O) groups excluding carboxylic acids is 2. The number of benzene rings is 2. The third-order valence-electron chi connectivity index (χ3n) is 3.88. The SMILES string of the molecule is CCCOc1ccc(Br)cc1/C=C1\SC(=O)N(Cc2ccccc2Br)C1=O. The highest BCUT2D eigenvalue weighted by Crippen LogP contribution is 2.36. The van der Waals surface area contributed by atoms with Crippen molar-refractivity contribution in [1.82, 2.24) is 4.90 Å². The molecule has 0 N–H and O–H groups in total. The third kappa shape index (κ3) is 4.83. The molecule has 0 aromatic heterocycles. The van der Waals surface area contributed by atoms with Crippen LogP contribution >= 0.6 is 43.6 Å². The fourth-order valence-corrected chi connectivity index (χ4v) is 4.17. The molecule has 0 saturated carbocycles. The minimum absolute atomic E-state index is 0.237. The van der Waals surface area contributed by atoms with Crippen LogP contribution in [-0.4, -0.2) is 22.7 Å². The largest absolute Gasteiger partial charge is 0.493 e. The van der Waals surface area contributed by atoms with Gasteiger partial charge in [0.25, 0.3) is 11.1 Å². The Morgan fingerprint density at radius 3 is 2.67 bits per heavy atom. The standard InChI is InChI=1S/C20H17Br2NO3S/c1-2-9-26-17-8-7-15(21)10-14(17)11-18-19(24)23(20(25)27-18)12-13-5-3-4-6-16(13)22/h3-8,10-11H,2,9,12H2,1H3/b18-11-. The van der Waals surface area contributed by atoms with Crippen LogP contribution in [0.4, 0.5) is 4.79 Å². The molecule has 1 fully saturated rings. The van der Waals surface area contributed by atoms with Gasteiger partial charge >= 0.3 is 0 Å². The fourth-order valence-electron chi connectivity index (χ4n) is 2.55. The highest BCUT2D eigenvalue weighted by molar-refractivity contribution is 9.10. The molecule has 0 bridgehead atoms. The molecule has 0 spiro atoms. The molecular formula is C20H17Br2NO3S. The van der Waals surface area contributed by atoms with E-state index in [4.69, 9.17) is 4.74 Å². The van der Waals surface area contributed by atoms with Crippen molar-refractivity contribution in [1.29, 1.82) is 0 Å². The summed E-state index contributed by atoms with van der Waals surface area (Å²) < 4.78 is 7.51. The van der Waals surface area contributed by atoms with E-state index in [9.17, 15) is 9.59 Å². The van der Waals surface area contributed by atoms with Gasteiger partial charge in [0, 0.05) is 14.5 Å². The summed E-state index contributed by atoms with van der Waals surface area (Å²) in [6.07, 6.45) is 2.61. The summed E-state index contributed by atoms with van der Waals surface area (Å²) in [5.41, 5.74) is 1.65. The van der Waals surface area contributed by atoms with Gasteiger partial charge in [0.1, 0.15) is 5.75 Å². The summed E-state index contributed by atoms with van der Waals surface area (Å²) in [4.78, 5) is 26.9. The number of imide groups is 1. The highest BCUT2D eigenvalue weighted by atomic mass is 79.9. The van der Waals surface area contributed by atoms with Crippen molar-refractivity contribution < 1.29 is 14.3 Å². The van der Waals surface area contributed by atoms with E-state index in [1.165, 1.54) is 4.90 Å². The first-order valence-corrected chi connectivity index (χ1v) is 10.8. The lowest BCUT2D eigenvalue weighted by Gasteiger charge is -2.13. The van der Waals surface area contributed by atoms with Crippen LogP contribution in [0.3, 0.4) is 0 Å². The Bertz CT molecular complexity index is 914. The molecule has 2 aromatic rings. The maximum absolute atomic E-state index is 12.8. The molecule has 0 unspecified atom stereocenters. The number of halogens is 2. The van der Waals surface area contributed by atoms with E-state index in [1.807, 2.05) is 49.4 Å². The van der Waals surface area contributed by atoms with Gasteiger partial charge in [0.05, 0.1) is 18.1 Å². The van der Waals surface area contributed by atoms with E-state index in [0.717, 1.165) is 38.3 Å². The van der Waals surface area contributed by atoms with Gasteiger partial charge in [-0.25, -0.2) is 0 Å². The van der Waals surface area contributed by atoms with Crippen molar-refractivity contribution >= 4 is 60.8 Å². The predicted octanol–water partition coefficient (Wildman–Crippen LogP) is 6.24. The molecule has 1 aliphatic rings. The Labute approximate surface area is 179 Å². The lowest BCUT2D eigenvalue weighted by atomic mass is 10.1. The Hall–Kier alpha value is -1.57. The molecule has 1 saturated heterocycles. The summed E-state index contributed by atoms with van der Waals surface area (Å²) in [6.45, 7) is 2.86. The number of thioether (sulfide) groups is 1. The summed E-state index contributed by atoms with van der Waals surface area (Å²) in [5.74, 6) is 0.403. The van der Waals surface area contributed by atoms with E-state index in [-0.39, 0.29) is 17.7 Å². The summed E-state index contributed by atoms with van der Waals surface area (Å²) in [7, 11) is 0. The fraction of sp³-hybridized carbons (Fsp3) is 0.200. The maximum Gasteiger partial charge on any atom is 0.293 e. The smallest absolute Gasteiger partial charge is 0.293 e. The second-order valence-corrected chi connectivity index (χ2v) is 8.65. The molecule has 2 amide bonds. The Balaban J connectivity index is 1.86. The van der Waals surface area contributed by atoms with Gasteiger partial charge in [-0.3, -0.25) is 14.5 Å². The molecule has 1 heterocycles. The van der Waals surface area contributed by atoms with Crippen LogP contribution in [0.2, 0.25) is 0 Å². The average Bonchev–Trinajstić information content (AvgIpc) is 2.90.